The van der Waals surface area contributed by atoms with Crippen LogP contribution in [0.2, 0.25) is 0 Å². The van der Waals surface area contributed by atoms with Gasteiger partial charge in [0.25, 0.3) is 0 Å². The molecule has 0 aliphatic heterocycles. The van der Waals surface area contributed by atoms with E-state index < -0.39 is 28.5 Å². The summed E-state index contributed by atoms with van der Waals surface area (Å²) < 4.78 is 42.6. The van der Waals surface area contributed by atoms with E-state index in [1.54, 1.807) is 43.5 Å². The number of hydrogen-bond acceptors (Lipinski definition) is 7. The van der Waals surface area contributed by atoms with Gasteiger partial charge in [0.1, 0.15) is 29.8 Å². The third-order valence-corrected chi connectivity index (χ3v) is 7.04. The maximum atomic E-state index is 13.8. The number of anilines is 1. The van der Waals surface area contributed by atoms with Crippen LogP contribution < -0.4 is 23.8 Å². The predicted molar refractivity (Wildman–Crippen MR) is 147 cm³/mol. The number of amides is 2. The molecule has 0 aliphatic carbocycles. The van der Waals surface area contributed by atoms with Gasteiger partial charge < -0.3 is 24.4 Å². The van der Waals surface area contributed by atoms with Crippen molar-refractivity contribution in [2.75, 3.05) is 45.0 Å². The number of carbonyl (C=O) groups is 2. The lowest BCUT2D eigenvalue weighted by Gasteiger charge is -2.33. The van der Waals surface area contributed by atoms with Crippen molar-refractivity contribution in [1.82, 2.24) is 10.2 Å². The first kappa shape index (κ1) is 30.8. The molecule has 0 spiro atoms. The van der Waals surface area contributed by atoms with Crippen LogP contribution in [0.5, 0.6) is 17.2 Å². The fourth-order valence-corrected chi connectivity index (χ4v) is 4.70. The topological polar surface area (TPSA) is 114 Å². The van der Waals surface area contributed by atoms with E-state index >= 15 is 0 Å². The molecule has 38 heavy (non-hydrogen) atoms. The van der Waals surface area contributed by atoms with Crippen LogP contribution in [-0.2, 0) is 26.2 Å². The van der Waals surface area contributed by atoms with E-state index in [0.717, 1.165) is 16.1 Å². The second-order valence-electron chi connectivity index (χ2n) is 9.24. The zero-order chi connectivity index (χ0) is 28.5. The Morgan fingerprint density at radius 1 is 0.947 bits per heavy atom. The van der Waals surface area contributed by atoms with Crippen LogP contribution in [0.3, 0.4) is 0 Å². The smallest absolute Gasteiger partial charge is 0.244 e. The number of methoxy groups -OCH3 is 3. The number of rotatable bonds is 14. The van der Waals surface area contributed by atoms with Crippen molar-refractivity contribution in [1.29, 1.82) is 0 Å². The fourth-order valence-electron chi connectivity index (χ4n) is 3.86. The van der Waals surface area contributed by atoms with Gasteiger partial charge in [0.05, 0.1) is 33.3 Å². The number of ether oxygens (including phenoxy) is 3. The van der Waals surface area contributed by atoms with Crippen LogP contribution in [0.25, 0.3) is 0 Å². The molecule has 1 atom stereocenters. The first-order valence-corrected chi connectivity index (χ1v) is 14.2. The highest BCUT2D eigenvalue weighted by Gasteiger charge is 2.32. The highest BCUT2D eigenvalue weighted by atomic mass is 32.2. The van der Waals surface area contributed by atoms with Gasteiger partial charge in [-0.2, -0.15) is 0 Å². The summed E-state index contributed by atoms with van der Waals surface area (Å²) in [6.45, 7) is 5.79. The Kier molecular flexibility index (Phi) is 11.2. The Morgan fingerprint density at radius 2 is 1.55 bits per heavy atom. The second kappa shape index (κ2) is 13.9. The number of sulfonamides is 1. The van der Waals surface area contributed by atoms with Crippen molar-refractivity contribution in [3.63, 3.8) is 0 Å². The lowest BCUT2D eigenvalue weighted by atomic mass is 10.1. The summed E-state index contributed by atoms with van der Waals surface area (Å²) in [5.41, 5.74) is 0.920. The first-order chi connectivity index (χ1) is 17.9. The Hall–Kier alpha value is -3.47. The van der Waals surface area contributed by atoms with Gasteiger partial charge in [-0.15, -0.1) is 0 Å². The molecule has 0 fully saturated rings. The molecule has 0 bridgehead atoms. The number of carbonyl (C=O) groups excluding carboxylic acids is 2. The molecule has 1 N–H and O–H groups in total. The Labute approximate surface area is 225 Å². The first-order valence-electron chi connectivity index (χ1n) is 12.3. The summed E-state index contributed by atoms with van der Waals surface area (Å²) in [4.78, 5) is 28.4. The van der Waals surface area contributed by atoms with E-state index in [-0.39, 0.29) is 29.8 Å². The van der Waals surface area contributed by atoms with Gasteiger partial charge in [0.15, 0.2) is 0 Å². The Bertz CT molecular complexity index is 1180. The molecule has 0 aromatic heterocycles. The van der Waals surface area contributed by atoms with Crippen LogP contribution in [0, 0.1) is 5.92 Å². The lowest BCUT2D eigenvalue weighted by molar-refractivity contribution is -0.140. The molecule has 0 saturated heterocycles. The van der Waals surface area contributed by atoms with Gasteiger partial charge in [0, 0.05) is 19.2 Å². The van der Waals surface area contributed by atoms with Gasteiger partial charge in [-0.1, -0.05) is 32.9 Å². The molecule has 0 saturated carbocycles. The van der Waals surface area contributed by atoms with Crippen LogP contribution >= 0.6 is 0 Å². The normalized spacial score (nSPS) is 12.0. The van der Waals surface area contributed by atoms with Crippen LogP contribution in [0.15, 0.2) is 42.5 Å². The Balaban J connectivity index is 2.50. The van der Waals surface area contributed by atoms with Gasteiger partial charge in [-0.05, 0) is 42.2 Å². The van der Waals surface area contributed by atoms with Crippen molar-refractivity contribution in [2.24, 2.45) is 5.92 Å². The predicted octanol–water partition coefficient (Wildman–Crippen LogP) is 3.06. The number of nitrogens with zero attached hydrogens (tertiary/aromatic N) is 2. The minimum Gasteiger partial charge on any atom is -0.497 e. The summed E-state index contributed by atoms with van der Waals surface area (Å²) in [7, 11) is 0.503. The maximum Gasteiger partial charge on any atom is 0.244 e. The number of benzene rings is 2. The quantitative estimate of drug-likeness (QED) is 0.385. The van der Waals surface area contributed by atoms with Crippen molar-refractivity contribution in [3.8, 4) is 17.2 Å². The van der Waals surface area contributed by atoms with E-state index in [9.17, 15) is 18.0 Å². The maximum absolute atomic E-state index is 13.8. The molecule has 2 amide bonds. The van der Waals surface area contributed by atoms with Crippen molar-refractivity contribution < 1.29 is 32.2 Å². The largest absolute Gasteiger partial charge is 0.497 e. The zero-order valence-corrected chi connectivity index (χ0v) is 24.0. The number of hydrogen-bond donors (Lipinski definition) is 1. The molecular formula is C27H39N3O7S. The van der Waals surface area contributed by atoms with Crippen LogP contribution in [0.1, 0.15) is 32.8 Å². The van der Waals surface area contributed by atoms with E-state index in [0.29, 0.717) is 24.5 Å². The highest BCUT2D eigenvalue weighted by molar-refractivity contribution is 7.92. The third-order valence-electron chi connectivity index (χ3n) is 5.92. The summed E-state index contributed by atoms with van der Waals surface area (Å²) in [6.07, 6.45) is 1.35. The van der Waals surface area contributed by atoms with Crippen LogP contribution in [0.4, 0.5) is 5.69 Å². The minimum absolute atomic E-state index is 0.100. The third kappa shape index (κ3) is 8.27. The summed E-state index contributed by atoms with van der Waals surface area (Å²) >= 11 is 0. The van der Waals surface area contributed by atoms with E-state index in [1.165, 1.54) is 25.2 Å². The van der Waals surface area contributed by atoms with E-state index in [4.69, 9.17) is 14.2 Å². The molecule has 0 heterocycles. The van der Waals surface area contributed by atoms with Crippen molar-refractivity contribution >= 4 is 27.5 Å². The minimum atomic E-state index is -3.93. The second-order valence-corrected chi connectivity index (χ2v) is 11.1. The average molecular weight is 550 g/mol. The fraction of sp³-hybridized carbons (Fsp3) is 0.481. The standard InChI is InChI=1S/C27H39N3O7S/c1-8-23(27(32)28-16-19(2)3)29(17-20-9-11-21(35-4)12-10-20)26(31)18-30(38(7,33)34)24-15-22(36-5)13-14-25(24)37-6/h9-15,19,23H,8,16-18H2,1-7H3,(H,28,32). The number of nitrogens with one attached hydrogen (secondary N) is 1. The van der Waals surface area contributed by atoms with Gasteiger partial charge in [-0.25, -0.2) is 8.42 Å². The van der Waals surface area contributed by atoms with Gasteiger partial charge in [-0.3, -0.25) is 13.9 Å². The molecule has 210 valence electrons. The molecule has 1 unspecified atom stereocenters. The lowest BCUT2D eigenvalue weighted by Crippen LogP contribution is -2.52. The molecule has 10 nitrogen and oxygen atoms in total. The summed E-state index contributed by atoms with van der Waals surface area (Å²) in [6, 6.07) is 11.0. The SMILES string of the molecule is CCC(C(=O)NCC(C)C)N(Cc1ccc(OC)cc1)C(=O)CN(c1cc(OC)ccc1OC)S(C)(=O)=O. The molecule has 2 aromatic rings. The molecule has 0 aliphatic rings. The highest BCUT2D eigenvalue weighted by Crippen LogP contribution is 2.34. The Morgan fingerprint density at radius 3 is 2.05 bits per heavy atom. The van der Waals surface area contributed by atoms with Crippen molar-refractivity contribution in [2.45, 2.75) is 39.8 Å². The van der Waals surface area contributed by atoms with Crippen LogP contribution in [-0.4, -0.2) is 71.8 Å². The molecule has 11 heteroatoms. The van der Waals surface area contributed by atoms with E-state index in [2.05, 4.69) is 5.32 Å². The zero-order valence-electron chi connectivity index (χ0n) is 23.2. The summed E-state index contributed by atoms with van der Waals surface area (Å²) in [5, 5.41) is 2.90. The summed E-state index contributed by atoms with van der Waals surface area (Å²) in [5.74, 6) is 0.699. The molecular weight excluding hydrogens is 510 g/mol. The van der Waals surface area contributed by atoms with E-state index in [1.807, 2.05) is 20.8 Å². The molecule has 0 radical (unpaired) electrons. The van der Waals surface area contributed by atoms with Gasteiger partial charge >= 0.3 is 0 Å². The monoisotopic (exact) mass is 549 g/mol. The average Bonchev–Trinajstić information content (AvgIpc) is 2.89. The molecule has 2 aromatic carbocycles. The van der Waals surface area contributed by atoms with Gasteiger partial charge in [0.2, 0.25) is 21.8 Å². The molecule has 2 rings (SSSR count). The van der Waals surface area contributed by atoms with Crippen molar-refractivity contribution in [3.05, 3.63) is 48.0 Å².